The van der Waals surface area contributed by atoms with Gasteiger partial charge >= 0.3 is 19.8 Å². The minimum absolute atomic E-state index is 0.495. The zero-order chi connectivity index (χ0) is 12.1. The molecule has 0 radical (unpaired) electrons. The predicted molar refractivity (Wildman–Crippen MR) is 45.1 cm³/mol. The van der Waals surface area contributed by atoms with Gasteiger partial charge in [-0.2, -0.15) is 0 Å². The fourth-order valence-electron chi connectivity index (χ4n) is 0.519. The minimum Gasteiger partial charge on any atom is -0.481 e. The first kappa shape index (κ1) is 13.6. The van der Waals surface area contributed by atoms with Crippen LogP contribution >= 0.6 is 7.82 Å². The molecule has 0 aromatic carbocycles. The summed E-state index contributed by atoms with van der Waals surface area (Å²) in [5.74, 6) is -2.87. The Bertz CT molecular complexity index is 330. The summed E-state index contributed by atoms with van der Waals surface area (Å²) in [5, 5.41) is 19.3. The van der Waals surface area contributed by atoms with E-state index in [1.807, 2.05) is 0 Å². The van der Waals surface area contributed by atoms with E-state index >= 15 is 0 Å². The fraction of sp³-hybridized carbons (Fsp3) is 0.400. The maximum absolute atomic E-state index is 10.4. The molecule has 86 valence electrons. The molecule has 0 aromatic heterocycles. The SMILES string of the molecule is O=C(O)CC/C(=N\OP(=O)(O)O)C(=O)O. The normalized spacial score (nSPS) is 12.3. The molecular weight excluding hydrogens is 233 g/mol. The molecular formula is C5H8NO8P. The molecule has 0 aromatic rings. The summed E-state index contributed by atoms with van der Waals surface area (Å²) in [6.07, 6.45) is -1.03. The zero-order valence-corrected chi connectivity index (χ0v) is 8.12. The lowest BCUT2D eigenvalue weighted by Gasteiger charge is -2.01. The maximum atomic E-state index is 10.4. The molecule has 0 aliphatic rings. The molecule has 0 aliphatic heterocycles. The first-order chi connectivity index (χ1) is 6.72. The van der Waals surface area contributed by atoms with Crippen LogP contribution in [0.5, 0.6) is 0 Å². The molecule has 0 atom stereocenters. The van der Waals surface area contributed by atoms with Gasteiger partial charge in [0, 0.05) is 6.42 Å². The van der Waals surface area contributed by atoms with E-state index in [1.165, 1.54) is 0 Å². The third kappa shape index (κ3) is 7.62. The third-order valence-corrected chi connectivity index (χ3v) is 1.37. The van der Waals surface area contributed by atoms with Crippen LogP contribution < -0.4 is 0 Å². The summed E-state index contributed by atoms with van der Waals surface area (Å²) in [6.45, 7) is 0. The van der Waals surface area contributed by atoms with Gasteiger partial charge in [-0.05, 0) is 0 Å². The third-order valence-electron chi connectivity index (χ3n) is 1.08. The van der Waals surface area contributed by atoms with Crippen LogP contribution in [0.3, 0.4) is 0 Å². The molecule has 0 rings (SSSR count). The van der Waals surface area contributed by atoms with E-state index in [0.717, 1.165) is 0 Å². The van der Waals surface area contributed by atoms with Gasteiger partial charge in [-0.3, -0.25) is 19.2 Å². The Hall–Kier alpha value is -1.44. The monoisotopic (exact) mass is 241 g/mol. The number of carboxylic acids is 2. The van der Waals surface area contributed by atoms with Crippen molar-refractivity contribution in [1.82, 2.24) is 0 Å². The van der Waals surface area contributed by atoms with Crippen molar-refractivity contribution in [2.45, 2.75) is 12.8 Å². The highest BCUT2D eigenvalue weighted by Gasteiger charge is 2.18. The smallest absolute Gasteiger partial charge is 0.481 e. The number of aliphatic carboxylic acids is 2. The topological polar surface area (TPSA) is 154 Å². The quantitative estimate of drug-likeness (QED) is 0.273. The minimum atomic E-state index is -4.90. The zero-order valence-electron chi connectivity index (χ0n) is 7.23. The molecule has 0 fully saturated rings. The number of phosphoric acid groups is 1. The molecule has 9 nitrogen and oxygen atoms in total. The highest BCUT2D eigenvalue weighted by Crippen LogP contribution is 2.36. The van der Waals surface area contributed by atoms with E-state index in [9.17, 15) is 14.2 Å². The van der Waals surface area contributed by atoms with Gasteiger partial charge in [0.25, 0.3) is 0 Å². The van der Waals surface area contributed by atoms with Crippen molar-refractivity contribution in [3.63, 3.8) is 0 Å². The average molecular weight is 241 g/mol. The van der Waals surface area contributed by atoms with Crippen molar-refractivity contribution in [2.75, 3.05) is 0 Å². The Labute approximate surface area is 83.2 Å². The Balaban J connectivity index is 4.46. The van der Waals surface area contributed by atoms with Gasteiger partial charge in [0.15, 0.2) is 5.71 Å². The van der Waals surface area contributed by atoms with Gasteiger partial charge in [0.05, 0.1) is 6.42 Å². The van der Waals surface area contributed by atoms with Crippen molar-refractivity contribution in [3.05, 3.63) is 0 Å². The van der Waals surface area contributed by atoms with Gasteiger partial charge in [0.1, 0.15) is 0 Å². The standard InChI is InChI=1S/C5H8NO8P/c7-4(8)2-1-3(5(9)10)6-14-15(11,12)13/h1-2H2,(H,7,8)(H,9,10)(H2,11,12,13)/b6-3+. The summed E-state index contributed by atoms with van der Waals surface area (Å²) in [4.78, 5) is 36.9. The van der Waals surface area contributed by atoms with Gasteiger partial charge in [-0.25, -0.2) is 9.36 Å². The van der Waals surface area contributed by atoms with E-state index < -0.39 is 38.3 Å². The Morgan fingerprint density at radius 1 is 1.20 bits per heavy atom. The van der Waals surface area contributed by atoms with E-state index in [4.69, 9.17) is 20.0 Å². The van der Waals surface area contributed by atoms with Crippen LogP contribution in [0, 0.1) is 0 Å². The Kier molecular flexibility index (Phi) is 4.92. The molecule has 15 heavy (non-hydrogen) atoms. The van der Waals surface area contributed by atoms with Crippen molar-refractivity contribution in [2.24, 2.45) is 5.16 Å². The first-order valence-corrected chi connectivity index (χ1v) is 5.01. The molecule has 0 heterocycles. The number of rotatable bonds is 6. The van der Waals surface area contributed by atoms with Crippen LogP contribution in [-0.4, -0.2) is 37.7 Å². The fourth-order valence-corrected chi connectivity index (χ4v) is 0.724. The van der Waals surface area contributed by atoms with Crippen LogP contribution in [0.1, 0.15) is 12.8 Å². The summed E-state index contributed by atoms with van der Waals surface area (Å²) < 4.78 is 13.7. The second-order valence-electron chi connectivity index (χ2n) is 2.31. The first-order valence-electron chi connectivity index (χ1n) is 3.48. The number of oxime groups is 1. The van der Waals surface area contributed by atoms with Gasteiger partial charge in [-0.1, -0.05) is 5.16 Å². The van der Waals surface area contributed by atoms with E-state index in [-0.39, 0.29) is 0 Å². The van der Waals surface area contributed by atoms with E-state index in [0.29, 0.717) is 0 Å². The molecule has 0 aliphatic carbocycles. The molecule has 0 saturated carbocycles. The van der Waals surface area contributed by atoms with Crippen LogP contribution in [-0.2, 0) is 18.8 Å². The average Bonchev–Trinajstić information content (AvgIpc) is 2.00. The van der Waals surface area contributed by atoms with E-state index in [2.05, 4.69) is 9.78 Å². The molecule has 0 saturated heterocycles. The number of carbonyl (C=O) groups is 2. The Morgan fingerprint density at radius 3 is 2.07 bits per heavy atom. The summed E-state index contributed by atoms with van der Waals surface area (Å²) in [5.41, 5.74) is -0.777. The van der Waals surface area contributed by atoms with Crippen molar-refractivity contribution in [3.8, 4) is 0 Å². The van der Waals surface area contributed by atoms with E-state index in [1.54, 1.807) is 0 Å². The molecule has 0 unspecified atom stereocenters. The maximum Gasteiger partial charge on any atom is 0.545 e. The van der Waals surface area contributed by atoms with Gasteiger partial charge < -0.3 is 10.2 Å². The van der Waals surface area contributed by atoms with Crippen molar-refractivity contribution >= 4 is 25.5 Å². The molecule has 0 bridgehead atoms. The summed E-state index contributed by atoms with van der Waals surface area (Å²) in [7, 11) is -4.90. The van der Waals surface area contributed by atoms with Crippen LogP contribution in [0.4, 0.5) is 0 Å². The largest absolute Gasteiger partial charge is 0.545 e. The number of hydrogen-bond donors (Lipinski definition) is 4. The molecule has 0 amide bonds. The second-order valence-corrected chi connectivity index (χ2v) is 3.45. The number of carboxylic acid groups (broad SMARTS) is 2. The lowest BCUT2D eigenvalue weighted by Crippen LogP contribution is -2.15. The highest BCUT2D eigenvalue weighted by atomic mass is 31.2. The Morgan fingerprint density at radius 2 is 1.73 bits per heavy atom. The lowest BCUT2D eigenvalue weighted by atomic mass is 10.2. The summed E-state index contributed by atoms with van der Waals surface area (Å²) >= 11 is 0. The lowest BCUT2D eigenvalue weighted by molar-refractivity contribution is -0.136. The second kappa shape index (κ2) is 5.44. The van der Waals surface area contributed by atoms with Gasteiger partial charge in [0.2, 0.25) is 0 Å². The highest BCUT2D eigenvalue weighted by molar-refractivity contribution is 7.46. The number of hydrogen-bond acceptors (Lipinski definition) is 5. The molecule has 4 N–H and O–H groups in total. The van der Waals surface area contributed by atoms with Gasteiger partial charge in [-0.15, -0.1) is 0 Å². The molecule has 10 heteroatoms. The van der Waals surface area contributed by atoms with Crippen molar-refractivity contribution < 1.29 is 38.8 Å². The van der Waals surface area contributed by atoms with Crippen molar-refractivity contribution in [1.29, 1.82) is 0 Å². The number of nitrogens with zero attached hydrogens (tertiary/aromatic N) is 1. The summed E-state index contributed by atoms with van der Waals surface area (Å²) in [6, 6.07) is 0. The predicted octanol–water partition coefficient (Wildman–Crippen LogP) is -0.599. The van der Waals surface area contributed by atoms with Crippen LogP contribution in [0.2, 0.25) is 0 Å². The molecule has 0 spiro atoms. The van der Waals surface area contributed by atoms with Crippen LogP contribution in [0.25, 0.3) is 0 Å². The van der Waals surface area contributed by atoms with Crippen LogP contribution in [0.15, 0.2) is 5.16 Å².